The van der Waals surface area contributed by atoms with E-state index in [1.165, 1.54) is 20.2 Å². The minimum Gasteiger partial charge on any atom is -0.357 e. The first kappa shape index (κ1) is 22.8. The number of amides is 1. The third-order valence-corrected chi connectivity index (χ3v) is 6.07. The van der Waals surface area contributed by atoms with Gasteiger partial charge in [0.25, 0.3) is 5.91 Å². The maximum Gasteiger partial charge on any atom is 0.416 e. The molecule has 1 amide bonds. The number of nitriles is 1. The van der Waals surface area contributed by atoms with Crippen molar-refractivity contribution in [1.29, 1.82) is 5.26 Å². The van der Waals surface area contributed by atoms with E-state index in [4.69, 9.17) is 11.6 Å². The van der Waals surface area contributed by atoms with Crippen LogP contribution in [0, 0.1) is 11.3 Å². The molecule has 2 heterocycles. The van der Waals surface area contributed by atoms with Crippen molar-refractivity contribution < 1.29 is 27.0 Å². The highest BCUT2D eigenvalue weighted by atomic mass is 35.5. The molecule has 0 saturated heterocycles. The molecule has 1 aromatic heterocycles. The molecule has 2 unspecified atom stereocenters. The molecule has 1 aliphatic heterocycles. The molecule has 3 rings (SSSR count). The first-order valence-electron chi connectivity index (χ1n) is 8.65. The standard InChI is InChI=1S/C18H15ClF3N5O3S/c1-8(28)12-14(31(3)30)15-25-17(4-5-23,16(29)24-2)10-6-9(18(20,21)22)7-11(19)13(10)27(15)26-12/h6-7,25H,4H2,1-3H3,(H,24,29). The first-order chi connectivity index (χ1) is 14.4. The second kappa shape index (κ2) is 7.65. The maximum atomic E-state index is 13.5. The number of rotatable bonds is 4. The lowest BCUT2D eigenvalue weighted by Crippen LogP contribution is -2.52. The van der Waals surface area contributed by atoms with E-state index in [2.05, 4.69) is 15.7 Å². The van der Waals surface area contributed by atoms with Crippen LogP contribution in [-0.4, -0.2) is 39.0 Å². The van der Waals surface area contributed by atoms with Crippen LogP contribution in [0.1, 0.15) is 35.0 Å². The molecule has 164 valence electrons. The number of alkyl halides is 3. The van der Waals surface area contributed by atoms with Gasteiger partial charge in [0.1, 0.15) is 16.4 Å². The number of ketones is 1. The molecule has 31 heavy (non-hydrogen) atoms. The topological polar surface area (TPSA) is 117 Å². The molecule has 0 radical (unpaired) electrons. The number of hydrogen-bond acceptors (Lipinski definition) is 6. The number of halogens is 4. The van der Waals surface area contributed by atoms with E-state index in [1.807, 2.05) is 0 Å². The number of anilines is 1. The zero-order valence-corrected chi connectivity index (χ0v) is 17.9. The van der Waals surface area contributed by atoms with Crippen molar-refractivity contribution in [3.63, 3.8) is 0 Å². The molecule has 0 saturated carbocycles. The maximum absolute atomic E-state index is 13.5. The highest BCUT2D eigenvalue weighted by molar-refractivity contribution is 7.84. The molecule has 2 aromatic rings. The number of hydrogen-bond donors (Lipinski definition) is 2. The number of carbonyl (C=O) groups is 2. The summed E-state index contributed by atoms with van der Waals surface area (Å²) in [7, 11) is -0.524. The molecular formula is C18H15ClF3N5O3S. The van der Waals surface area contributed by atoms with E-state index < -0.39 is 51.2 Å². The number of fused-ring (bicyclic) bond motifs is 3. The summed E-state index contributed by atoms with van der Waals surface area (Å²) in [6, 6.07) is 3.17. The second-order valence-electron chi connectivity index (χ2n) is 6.74. The normalized spacial score (nSPS) is 18.3. The Bertz CT molecular complexity index is 1190. The molecule has 1 aliphatic rings. The minimum absolute atomic E-state index is 0.0552. The van der Waals surface area contributed by atoms with Crippen LogP contribution in [0.15, 0.2) is 17.0 Å². The van der Waals surface area contributed by atoms with Crippen LogP contribution < -0.4 is 10.6 Å². The van der Waals surface area contributed by atoms with Crippen molar-refractivity contribution in [2.24, 2.45) is 0 Å². The third kappa shape index (κ3) is 3.47. The van der Waals surface area contributed by atoms with Crippen molar-refractivity contribution in [2.75, 3.05) is 18.6 Å². The van der Waals surface area contributed by atoms with Gasteiger partial charge < -0.3 is 10.6 Å². The van der Waals surface area contributed by atoms with E-state index in [-0.39, 0.29) is 27.7 Å². The van der Waals surface area contributed by atoms with Crippen LogP contribution in [0.4, 0.5) is 19.0 Å². The first-order valence-corrected chi connectivity index (χ1v) is 10.6. The van der Waals surface area contributed by atoms with Crippen LogP contribution in [0.25, 0.3) is 5.69 Å². The Labute approximate surface area is 181 Å². The summed E-state index contributed by atoms with van der Waals surface area (Å²) < 4.78 is 53.9. The molecule has 13 heteroatoms. The number of aromatic nitrogens is 2. The Balaban J connectivity index is 2.53. The predicted molar refractivity (Wildman–Crippen MR) is 106 cm³/mol. The quantitative estimate of drug-likeness (QED) is 0.659. The van der Waals surface area contributed by atoms with Gasteiger partial charge in [-0.1, -0.05) is 11.6 Å². The Morgan fingerprint density at radius 3 is 2.55 bits per heavy atom. The van der Waals surface area contributed by atoms with Crippen LogP contribution in [0.2, 0.25) is 5.02 Å². The summed E-state index contributed by atoms with van der Waals surface area (Å²) in [5.74, 6) is -1.45. The largest absolute Gasteiger partial charge is 0.416 e. The van der Waals surface area contributed by atoms with Gasteiger partial charge in [-0.2, -0.15) is 23.5 Å². The summed E-state index contributed by atoms with van der Waals surface area (Å²) in [6.07, 6.45) is -4.10. The van der Waals surface area contributed by atoms with E-state index in [1.54, 1.807) is 6.07 Å². The molecule has 2 atom stereocenters. The number of benzene rings is 1. The van der Waals surface area contributed by atoms with Gasteiger partial charge in [-0.25, -0.2) is 4.68 Å². The van der Waals surface area contributed by atoms with Crippen molar-refractivity contribution in [1.82, 2.24) is 15.1 Å². The van der Waals surface area contributed by atoms with Crippen LogP contribution in [-0.2, 0) is 27.3 Å². The highest BCUT2D eigenvalue weighted by Crippen LogP contribution is 2.47. The van der Waals surface area contributed by atoms with Gasteiger partial charge >= 0.3 is 6.18 Å². The van der Waals surface area contributed by atoms with Gasteiger partial charge in [0.05, 0.1) is 39.6 Å². The van der Waals surface area contributed by atoms with Crippen molar-refractivity contribution in [2.45, 2.75) is 30.0 Å². The molecular weight excluding hydrogens is 459 g/mol. The van der Waals surface area contributed by atoms with Gasteiger partial charge in [-0.05, 0) is 12.1 Å². The zero-order valence-electron chi connectivity index (χ0n) is 16.3. The van der Waals surface area contributed by atoms with E-state index >= 15 is 0 Å². The Morgan fingerprint density at radius 1 is 1.42 bits per heavy atom. The van der Waals surface area contributed by atoms with Crippen molar-refractivity contribution in [3.8, 4) is 11.8 Å². The zero-order chi connectivity index (χ0) is 23.3. The Kier molecular flexibility index (Phi) is 5.62. The summed E-state index contributed by atoms with van der Waals surface area (Å²) in [5, 5.41) is 18.2. The Morgan fingerprint density at radius 2 is 2.06 bits per heavy atom. The lowest BCUT2D eigenvalue weighted by molar-refractivity contribution is -0.138. The van der Waals surface area contributed by atoms with Crippen LogP contribution in [0.5, 0.6) is 0 Å². The van der Waals surface area contributed by atoms with E-state index in [0.717, 1.165) is 4.68 Å². The van der Waals surface area contributed by atoms with Crippen molar-refractivity contribution >= 4 is 39.9 Å². The van der Waals surface area contributed by atoms with Gasteiger partial charge in [-0.15, -0.1) is 0 Å². The molecule has 0 spiro atoms. The second-order valence-corrected chi connectivity index (χ2v) is 8.47. The van der Waals surface area contributed by atoms with Gasteiger partial charge in [-0.3, -0.25) is 13.8 Å². The number of nitrogens with zero attached hydrogens (tertiary/aromatic N) is 3. The number of nitrogens with one attached hydrogen (secondary N) is 2. The molecule has 2 N–H and O–H groups in total. The molecule has 0 bridgehead atoms. The summed E-state index contributed by atoms with van der Waals surface area (Å²) in [4.78, 5) is 25.0. The fourth-order valence-electron chi connectivity index (χ4n) is 3.48. The van der Waals surface area contributed by atoms with Gasteiger partial charge in [0.15, 0.2) is 11.3 Å². The SMILES string of the molecule is CNC(=O)C1(CC#N)Nc2c(S(C)=O)c(C(C)=O)nn2-c2c(Cl)cc(C(F)(F)F)cc21. The van der Waals surface area contributed by atoms with Crippen LogP contribution in [0.3, 0.4) is 0 Å². The van der Waals surface area contributed by atoms with Crippen LogP contribution >= 0.6 is 11.6 Å². The van der Waals surface area contributed by atoms with E-state index in [9.17, 15) is 32.2 Å². The third-order valence-electron chi connectivity index (χ3n) is 4.82. The molecule has 8 nitrogen and oxygen atoms in total. The number of Topliss-reactive ketones (excluding diaryl/α,β-unsaturated/α-hetero) is 1. The highest BCUT2D eigenvalue weighted by Gasteiger charge is 2.49. The number of likely N-dealkylation sites (N-methyl/N-ethyl adjacent to an activating group) is 1. The predicted octanol–water partition coefficient (Wildman–Crippen LogP) is 2.76. The smallest absolute Gasteiger partial charge is 0.357 e. The van der Waals surface area contributed by atoms with Crippen molar-refractivity contribution in [3.05, 3.63) is 34.0 Å². The molecule has 0 aliphatic carbocycles. The number of carbonyl (C=O) groups excluding carboxylic acids is 2. The fourth-order valence-corrected chi connectivity index (χ4v) is 4.65. The minimum atomic E-state index is -4.79. The fraction of sp³-hybridized carbons (Fsp3) is 0.333. The summed E-state index contributed by atoms with van der Waals surface area (Å²) in [6.45, 7) is 1.18. The monoisotopic (exact) mass is 473 g/mol. The lowest BCUT2D eigenvalue weighted by atomic mass is 9.82. The summed E-state index contributed by atoms with van der Waals surface area (Å²) in [5.41, 5.74) is -3.73. The average molecular weight is 474 g/mol. The van der Waals surface area contributed by atoms with Gasteiger partial charge in [0, 0.05) is 25.8 Å². The van der Waals surface area contributed by atoms with E-state index in [0.29, 0.717) is 12.1 Å². The van der Waals surface area contributed by atoms with Gasteiger partial charge in [0.2, 0.25) is 0 Å². The molecule has 0 fully saturated rings. The summed E-state index contributed by atoms with van der Waals surface area (Å²) >= 11 is 6.21. The molecule has 1 aromatic carbocycles. The lowest BCUT2D eigenvalue weighted by Gasteiger charge is -2.38. The Hall–Kier alpha value is -2.91. The average Bonchev–Trinajstić information content (AvgIpc) is 3.05.